The van der Waals surface area contributed by atoms with Crippen LogP contribution in [-0.2, 0) is 0 Å². The number of hydrogen-bond donors (Lipinski definition) is 2. The number of hydrogen-bond acceptors (Lipinski definition) is 7. The number of ether oxygens (including phenoxy) is 1. The summed E-state index contributed by atoms with van der Waals surface area (Å²) >= 11 is 6.40. The third-order valence-corrected chi connectivity index (χ3v) is 4.15. The fraction of sp³-hybridized carbons (Fsp3) is 0.105. The Bertz CT molecular complexity index is 1020. The Kier molecular flexibility index (Phi) is 5.81. The fourth-order valence-electron chi connectivity index (χ4n) is 2.45. The maximum absolute atomic E-state index is 8.61. The first-order valence-corrected chi connectivity index (χ1v) is 8.66. The molecule has 0 saturated carbocycles. The highest BCUT2D eigenvalue weighted by molar-refractivity contribution is 6.33. The van der Waals surface area contributed by atoms with Crippen molar-refractivity contribution in [3.8, 4) is 11.8 Å². The Morgan fingerprint density at radius 1 is 1.14 bits per heavy atom. The molecule has 8 nitrogen and oxygen atoms in total. The van der Waals surface area contributed by atoms with Crippen molar-refractivity contribution >= 4 is 34.6 Å². The van der Waals surface area contributed by atoms with Gasteiger partial charge in [-0.15, -0.1) is 0 Å². The summed E-state index contributed by atoms with van der Waals surface area (Å²) in [4.78, 5) is 18.0. The standard InChI is InChI=1S/C19H18ClN7O/c1-12(23-2)27(18(22)17-15(21)5-3-8-24-17)13-6-7-16(14(20)11-13)28-19-25-9-4-10-26-19/h3-11,22H,21H2,1-2H3. The van der Waals surface area contributed by atoms with Crippen LogP contribution < -0.4 is 15.4 Å². The highest BCUT2D eigenvalue weighted by Crippen LogP contribution is 2.32. The van der Waals surface area contributed by atoms with Crippen molar-refractivity contribution in [1.29, 1.82) is 5.41 Å². The Morgan fingerprint density at radius 2 is 1.86 bits per heavy atom. The Balaban J connectivity index is 1.96. The minimum atomic E-state index is 0.0809. The summed E-state index contributed by atoms with van der Waals surface area (Å²) in [5, 5.41) is 8.94. The zero-order chi connectivity index (χ0) is 20.1. The molecule has 0 atom stereocenters. The molecule has 0 aliphatic heterocycles. The summed E-state index contributed by atoms with van der Waals surface area (Å²) in [6, 6.07) is 10.4. The van der Waals surface area contributed by atoms with Gasteiger partial charge in [-0.25, -0.2) is 9.97 Å². The second kappa shape index (κ2) is 8.45. The van der Waals surface area contributed by atoms with Crippen molar-refractivity contribution in [3.05, 3.63) is 65.7 Å². The smallest absolute Gasteiger partial charge is 0.321 e. The number of amidine groups is 2. The molecule has 0 aliphatic carbocycles. The average molecular weight is 396 g/mol. The van der Waals surface area contributed by atoms with Gasteiger partial charge in [-0.05, 0) is 43.3 Å². The number of halogens is 1. The van der Waals surface area contributed by atoms with Crippen molar-refractivity contribution in [3.63, 3.8) is 0 Å². The molecule has 3 rings (SSSR count). The second-order valence-corrected chi connectivity index (χ2v) is 6.05. The minimum absolute atomic E-state index is 0.0809. The quantitative estimate of drug-likeness (QED) is 0.513. The number of pyridine rings is 1. The maximum Gasteiger partial charge on any atom is 0.321 e. The predicted octanol–water partition coefficient (Wildman–Crippen LogP) is 3.78. The van der Waals surface area contributed by atoms with Gasteiger partial charge in [0.2, 0.25) is 0 Å². The lowest BCUT2D eigenvalue weighted by atomic mass is 10.2. The molecular formula is C19H18ClN7O. The largest absolute Gasteiger partial charge is 0.423 e. The van der Waals surface area contributed by atoms with Gasteiger partial charge in [0.1, 0.15) is 17.3 Å². The molecule has 0 amide bonds. The van der Waals surface area contributed by atoms with E-state index in [-0.39, 0.29) is 11.8 Å². The van der Waals surface area contributed by atoms with E-state index in [1.807, 2.05) is 0 Å². The lowest BCUT2D eigenvalue weighted by molar-refractivity contribution is 0.442. The van der Waals surface area contributed by atoms with Crippen molar-refractivity contribution in [2.45, 2.75) is 6.92 Å². The molecule has 28 heavy (non-hydrogen) atoms. The Hall–Kier alpha value is -3.52. The van der Waals surface area contributed by atoms with E-state index in [4.69, 9.17) is 27.5 Å². The number of aromatic nitrogens is 3. The van der Waals surface area contributed by atoms with Crippen molar-refractivity contribution in [1.82, 2.24) is 15.0 Å². The van der Waals surface area contributed by atoms with Crippen molar-refractivity contribution in [2.75, 3.05) is 17.7 Å². The number of nitrogen functional groups attached to an aromatic ring is 1. The van der Waals surface area contributed by atoms with Crippen LogP contribution in [0.2, 0.25) is 5.02 Å². The number of aliphatic imine (C=N–C) groups is 1. The van der Waals surface area contributed by atoms with E-state index in [1.165, 1.54) is 0 Å². The number of anilines is 2. The molecule has 1 aromatic carbocycles. The normalized spacial score (nSPS) is 11.2. The molecule has 0 bridgehead atoms. The first-order chi connectivity index (χ1) is 13.5. The van der Waals surface area contributed by atoms with Crippen LogP contribution in [0.15, 0.2) is 60.0 Å². The molecule has 142 valence electrons. The summed E-state index contributed by atoms with van der Waals surface area (Å²) in [7, 11) is 1.64. The third kappa shape index (κ3) is 4.07. The van der Waals surface area contributed by atoms with Crippen LogP contribution in [-0.4, -0.2) is 33.7 Å². The lowest BCUT2D eigenvalue weighted by Crippen LogP contribution is -2.36. The molecular weight excluding hydrogens is 378 g/mol. The van der Waals surface area contributed by atoms with Crippen LogP contribution in [0.5, 0.6) is 11.8 Å². The average Bonchev–Trinajstić information content (AvgIpc) is 2.71. The molecule has 9 heteroatoms. The van der Waals surface area contributed by atoms with E-state index in [0.717, 1.165) is 0 Å². The molecule has 0 spiro atoms. The summed E-state index contributed by atoms with van der Waals surface area (Å²) in [6.07, 6.45) is 4.73. The van der Waals surface area contributed by atoms with Gasteiger partial charge >= 0.3 is 6.01 Å². The van der Waals surface area contributed by atoms with Crippen LogP contribution >= 0.6 is 11.6 Å². The number of nitrogens with two attached hydrogens (primary N) is 1. The molecule has 0 unspecified atom stereocenters. The second-order valence-electron chi connectivity index (χ2n) is 5.64. The van der Waals surface area contributed by atoms with Crippen LogP contribution in [0, 0.1) is 5.41 Å². The zero-order valence-electron chi connectivity index (χ0n) is 15.3. The van der Waals surface area contributed by atoms with E-state index >= 15 is 0 Å². The highest BCUT2D eigenvalue weighted by atomic mass is 35.5. The Labute approximate surface area is 167 Å². The van der Waals surface area contributed by atoms with E-state index < -0.39 is 0 Å². The summed E-state index contributed by atoms with van der Waals surface area (Å²) in [6.45, 7) is 1.78. The fourth-order valence-corrected chi connectivity index (χ4v) is 2.66. The minimum Gasteiger partial charge on any atom is -0.423 e. The van der Waals surface area contributed by atoms with Gasteiger partial charge in [0.15, 0.2) is 5.84 Å². The molecule has 3 aromatic rings. The molecule has 3 N–H and O–H groups in total. The predicted molar refractivity (Wildman–Crippen MR) is 111 cm³/mol. The SMILES string of the molecule is CN=C(C)N(C(=N)c1ncccc1N)c1ccc(Oc2ncccn2)c(Cl)c1. The number of nitrogens with zero attached hydrogens (tertiary/aromatic N) is 5. The van der Waals surface area contributed by atoms with Gasteiger partial charge < -0.3 is 10.5 Å². The van der Waals surface area contributed by atoms with Crippen molar-refractivity contribution in [2.24, 2.45) is 4.99 Å². The molecule has 2 aromatic heterocycles. The van der Waals surface area contributed by atoms with Gasteiger partial charge in [0.05, 0.1) is 16.4 Å². The van der Waals surface area contributed by atoms with E-state index in [9.17, 15) is 0 Å². The van der Waals surface area contributed by atoms with Gasteiger partial charge in [0, 0.05) is 25.6 Å². The highest BCUT2D eigenvalue weighted by Gasteiger charge is 2.21. The first-order valence-electron chi connectivity index (χ1n) is 8.28. The van der Waals surface area contributed by atoms with Crippen LogP contribution in [0.25, 0.3) is 0 Å². The Morgan fingerprint density at radius 3 is 2.50 bits per heavy atom. The third-order valence-electron chi connectivity index (χ3n) is 3.85. The van der Waals surface area contributed by atoms with Gasteiger partial charge in [0.25, 0.3) is 0 Å². The monoisotopic (exact) mass is 395 g/mol. The zero-order valence-corrected chi connectivity index (χ0v) is 16.1. The summed E-state index contributed by atoms with van der Waals surface area (Å²) in [5.41, 5.74) is 7.35. The maximum atomic E-state index is 8.61. The molecule has 0 fully saturated rings. The van der Waals surface area contributed by atoms with Gasteiger partial charge in [-0.1, -0.05) is 11.6 Å². The number of benzene rings is 1. The number of rotatable bonds is 4. The van der Waals surface area contributed by atoms with Gasteiger partial charge in [-0.2, -0.15) is 0 Å². The summed E-state index contributed by atoms with van der Waals surface area (Å²) in [5.74, 6) is 1.05. The molecule has 2 heterocycles. The topological polar surface area (TPSA) is 113 Å². The molecule has 0 saturated heterocycles. The lowest BCUT2D eigenvalue weighted by Gasteiger charge is -2.25. The van der Waals surface area contributed by atoms with Crippen LogP contribution in [0.4, 0.5) is 11.4 Å². The van der Waals surface area contributed by atoms with E-state index in [1.54, 1.807) is 73.9 Å². The molecule has 0 aliphatic rings. The molecule has 0 radical (unpaired) electrons. The first kappa shape index (κ1) is 19.2. The van der Waals surface area contributed by atoms with E-state index in [0.29, 0.717) is 33.7 Å². The van der Waals surface area contributed by atoms with Gasteiger partial charge in [-0.3, -0.25) is 20.3 Å². The van der Waals surface area contributed by atoms with Crippen molar-refractivity contribution < 1.29 is 4.74 Å². The summed E-state index contributed by atoms with van der Waals surface area (Å²) < 4.78 is 5.61. The van der Waals surface area contributed by atoms with E-state index in [2.05, 4.69) is 19.9 Å². The van der Waals surface area contributed by atoms with Crippen LogP contribution in [0.3, 0.4) is 0 Å². The van der Waals surface area contributed by atoms with Crippen LogP contribution in [0.1, 0.15) is 12.6 Å². The number of nitrogens with one attached hydrogen (secondary N) is 1.